The quantitative estimate of drug-likeness (QED) is 0.849. The number of anilines is 2. The first-order valence-corrected chi connectivity index (χ1v) is 8.27. The molecule has 0 amide bonds. The minimum atomic E-state index is -3.75. The molecular weight excluding hydrogens is 300 g/mol. The molecule has 2 rings (SSSR count). The van der Waals surface area contributed by atoms with Gasteiger partial charge in [0.2, 0.25) is 0 Å². The Kier molecular flexibility index (Phi) is 4.32. The van der Waals surface area contributed by atoms with Gasteiger partial charge in [0.25, 0.3) is 10.0 Å². The lowest BCUT2D eigenvalue weighted by Gasteiger charge is -2.15. The third-order valence-electron chi connectivity index (χ3n) is 3.56. The molecule has 22 heavy (non-hydrogen) atoms. The predicted molar refractivity (Wildman–Crippen MR) is 88.9 cm³/mol. The Morgan fingerprint density at radius 3 is 2.23 bits per heavy atom. The summed E-state index contributed by atoms with van der Waals surface area (Å²) in [6.45, 7) is 5.57. The number of aryl methyl sites for hydroxylation is 3. The molecule has 0 atom stereocenters. The van der Waals surface area contributed by atoms with Crippen LogP contribution in [0.3, 0.4) is 0 Å². The van der Waals surface area contributed by atoms with E-state index in [1.807, 2.05) is 13.8 Å². The van der Waals surface area contributed by atoms with Crippen molar-refractivity contribution in [1.29, 1.82) is 0 Å². The Morgan fingerprint density at radius 1 is 1.00 bits per heavy atom. The molecular formula is C16H20N2O3S. The van der Waals surface area contributed by atoms with Crippen molar-refractivity contribution in [3.05, 3.63) is 47.0 Å². The Balaban J connectivity index is 2.49. The zero-order valence-corrected chi connectivity index (χ0v) is 13.9. The Bertz CT molecular complexity index is 814. The summed E-state index contributed by atoms with van der Waals surface area (Å²) in [5, 5.41) is 0. The second-order valence-corrected chi connectivity index (χ2v) is 6.92. The van der Waals surface area contributed by atoms with Crippen molar-refractivity contribution in [2.45, 2.75) is 25.7 Å². The SMILES string of the molecule is COc1cc(C)c(C)cc1S(=O)(=O)Nc1ccc(N)cc1C. The molecule has 0 aliphatic rings. The van der Waals surface area contributed by atoms with Crippen LogP contribution in [0.2, 0.25) is 0 Å². The van der Waals surface area contributed by atoms with Crippen molar-refractivity contribution >= 4 is 21.4 Å². The number of sulfonamides is 1. The molecule has 0 fully saturated rings. The van der Waals surface area contributed by atoms with E-state index in [0.717, 1.165) is 16.7 Å². The van der Waals surface area contributed by atoms with Gasteiger partial charge in [-0.25, -0.2) is 8.42 Å². The molecule has 0 aliphatic carbocycles. The van der Waals surface area contributed by atoms with E-state index in [4.69, 9.17) is 10.5 Å². The summed E-state index contributed by atoms with van der Waals surface area (Å²) in [7, 11) is -2.29. The van der Waals surface area contributed by atoms with E-state index < -0.39 is 10.0 Å². The minimum absolute atomic E-state index is 0.120. The lowest BCUT2D eigenvalue weighted by molar-refractivity contribution is 0.402. The lowest BCUT2D eigenvalue weighted by Crippen LogP contribution is -2.15. The molecule has 0 saturated carbocycles. The standard InChI is InChI=1S/C16H20N2O3S/c1-10-8-15(21-4)16(9-11(10)2)22(19,20)18-14-6-5-13(17)7-12(14)3/h5-9,18H,17H2,1-4H3. The summed E-state index contributed by atoms with van der Waals surface area (Å²) in [6.07, 6.45) is 0. The van der Waals surface area contributed by atoms with Crippen molar-refractivity contribution in [3.63, 3.8) is 0 Å². The number of hydrogen-bond acceptors (Lipinski definition) is 4. The fourth-order valence-corrected chi connectivity index (χ4v) is 3.50. The highest BCUT2D eigenvalue weighted by atomic mass is 32.2. The summed E-state index contributed by atoms with van der Waals surface area (Å²) in [5.74, 6) is 0.323. The minimum Gasteiger partial charge on any atom is -0.495 e. The highest BCUT2D eigenvalue weighted by molar-refractivity contribution is 7.92. The van der Waals surface area contributed by atoms with Gasteiger partial charge in [-0.1, -0.05) is 0 Å². The van der Waals surface area contributed by atoms with Gasteiger partial charge in [0.15, 0.2) is 0 Å². The smallest absolute Gasteiger partial charge is 0.265 e. The van der Waals surface area contributed by atoms with Gasteiger partial charge in [0.1, 0.15) is 10.6 Å². The Labute approximate surface area is 131 Å². The van der Waals surface area contributed by atoms with E-state index in [2.05, 4.69) is 4.72 Å². The number of nitrogens with two attached hydrogens (primary N) is 1. The van der Waals surface area contributed by atoms with Crippen molar-refractivity contribution in [3.8, 4) is 5.75 Å². The van der Waals surface area contributed by atoms with Crippen LogP contribution in [0.4, 0.5) is 11.4 Å². The largest absolute Gasteiger partial charge is 0.495 e. The number of rotatable bonds is 4. The topological polar surface area (TPSA) is 81.4 Å². The maximum Gasteiger partial charge on any atom is 0.265 e. The van der Waals surface area contributed by atoms with Gasteiger partial charge in [-0.3, -0.25) is 4.72 Å². The van der Waals surface area contributed by atoms with E-state index in [-0.39, 0.29) is 4.90 Å². The first-order valence-electron chi connectivity index (χ1n) is 6.79. The van der Waals surface area contributed by atoms with Gasteiger partial charge >= 0.3 is 0 Å². The zero-order valence-electron chi connectivity index (χ0n) is 13.1. The molecule has 0 heterocycles. The van der Waals surface area contributed by atoms with Crippen LogP contribution in [0.1, 0.15) is 16.7 Å². The van der Waals surface area contributed by atoms with E-state index in [0.29, 0.717) is 17.1 Å². The third-order valence-corrected chi connectivity index (χ3v) is 4.95. The van der Waals surface area contributed by atoms with Gasteiger partial charge in [-0.05, 0) is 67.8 Å². The first kappa shape index (κ1) is 16.2. The number of nitrogen functional groups attached to an aromatic ring is 1. The van der Waals surface area contributed by atoms with Gasteiger partial charge in [-0.15, -0.1) is 0 Å². The normalized spacial score (nSPS) is 11.3. The summed E-state index contributed by atoms with van der Waals surface area (Å²) in [4.78, 5) is 0.120. The van der Waals surface area contributed by atoms with Crippen molar-refractivity contribution in [2.24, 2.45) is 0 Å². The van der Waals surface area contributed by atoms with Crippen molar-refractivity contribution in [2.75, 3.05) is 17.6 Å². The lowest BCUT2D eigenvalue weighted by atomic mass is 10.1. The monoisotopic (exact) mass is 320 g/mol. The zero-order chi connectivity index (χ0) is 16.5. The molecule has 0 aromatic heterocycles. The maximum atomic E-state index is 12.7. The van der Waals surface area contributed by atoms with Crippen LogP contribution >= 0.6 is 0 Å². The Hall–Kier alpha value is -2.21. The molecule has 118 valence electrons. The highest BCUT2D eigenvalue weighted by Gasteiger charge is 2.21. The molecule has 5 nitrogen and oxygen atoms in total. The van der Waals surface area contributed by atoms with E-state index in [9.17, 15) is 8.42 Å². The molecule has 2 aromatic carbocycles. The summed E-state index contributed by atoms with van der Waals surface area (Å²) in [5.41, 5.74) is 9.38. The predicted octanol–water partition coefficient (Wildman–Crippen LogP) is 3.00. The second kappa shape index (κ2) is 5.88. The molecule has 0 radical (unpaired) electrons. The van der Waals surface area contributed by atoms with Crippen molar-refractivity contribution < 1.29 is 13.2 Å². The van der Waals surface area contributed by atoms with Gasteiger partial charge in [0, 0.05) is 5.69 Å². The van der Waals surface area contributed by atoms with Crippen LogP contribution < -0.4 is 15.2 Å². The van der Waals surface area contributed by atoms with E-state index in [1.54, 1.807) is 37.3 Å². The van der Waals surface area contributed by atoms with E-state index in [1.165, 1.54) is 7.11 Å². The van der Waals surface area contributed by atoms with Crippen LogP contribution in [0.5, 0.6) is 5.75 Å². The fraction of sp³-hybridized carbons (Fsp3) is 0.250. The van der Waals surface area contributed by atoms with Gasteiger partial charge < -0.3 is 10.5 Å². The number of hydrogen-bond donors (Lipinski definition) is 2. The molecule has 0 aliphatic heterocycles. The number of nitrogens with one attached hydrogen (secondary N) is 1. The third kappa shape index (κ3) is 3.17. The average molecular weight is 320 g/mol. The Morgan fingerprint density at radius 2 is 1.64 bits per heavy atom. The fourth-order valence-electron chi connectivity index (χ4n) is 2.13. The molecule has 6 heteroatoms. The van der Waals surface area contributed by atoms with Crippen LogP contribution in [0.25, 0.3) is 0 Å². The molecule has 0 saturated heterocycles. The van der Waals surface area contributed by atoms with Gasteiger partial charge in [0.05, 0.1) is 12.8 Å². The van der Waals surface area contributed by atoms with Crippen LogP contribution in [-0.2, 0) is 10.0 Å². The number of ether oxygens (including phenoxy) is 1. The van der Waals surface area contributed by atoms with Crippen LogP contribution in [0, 0.1) is 20.8 Å². The maximum absolute atomic E-state index is 12.7. The summed E-state index contributed by atoms with van der Waals surface area (Å²) < 4.78 is 33.1. The molecule has 0 unspecified atom stereocenters. The molecule has 2 aromatic rings. The molecule has 0 spiro atoms. The van der Waals surface area contributed by atoms with E-state index >= 15 is 0 Å². The van der Waals surface area contributed by atoms with Crippen LogP contribution in [0.15, 0.2) is 35.2 Å². The first-order chi connectivity index (χ1) is 10.2. The average Bonchev–Trinajstić information content (AvgIpc) is 2.44. The second-order valence-electron chi connectivity index (χ2n) is 5.27. The molecule has 0 bridgehead atoms. The number of benzene rings is 2. The molecule has 3 N–H and O–H groups in total. The summed E-state index contributed by atoms with van der Waals surface area (Å²) in [6, 6.07) is 8.36. The summed E-state index contributed by atoms with van der Waals surface area (Å²) >= 11 is 0. The number of methoxy groups -OCH3 is 1. The van der Waals surface area contributed by atoms with Crippen molar-refractivity contribution in [1.82, 2.24) is 0 Å². The van der Waals surface area contributed by atoms with Gasteiger partial charge in [-0.2, -0.15) is 0 Å². The highest BCUT2D eigenvalue weighted by Crippen LogP contribution is 2.30. The van der Waals surface area contributed by atoms with Crippen LogP contribution in [-0.4, -0.2) is 15.5 Å².